The minimum absolute atomic E-state index is 0.514. The van der Waals surface area contributed by atoms with Gasteiger partial charge in [-0.05, 0) is 49.8 Å². The lowest BCUT2D eigenvalue weighted by Gasteiger charge is -2.28. The molecule has 17 heavy (non-hydrogen) atoms. The van der Waals surface area contributed by atoms with Crippen LogP contribution in [0.25, 0.3) is 0 Å². The zero-order valence-electron chi connectivity index (χ0n) is 10.5. The predicted molar refractivity (Wildman–Crippen MR) is 69.9 cm³/mol. The Balaban J connectivity index is 1.56. The highest BCUT2D eigenvalue weighted by Crippen LogP contribution is 2.30. The number of nitrogens with zero attached hydrogens (tertiary/aromatic N) is 1. The largest absolute Gasteiger partial charge is 0.309 e. The fourth-order valence-corrected chi connectivity index (χ4v) is 3.05. The molecular weight excluding hydrogens is 208 g/mol. The molecule has 1 unspecified atom stereocenters. The van der Waals surface area contributed by atoms with Crippen LogP contribution >= 0.6 is 0 Å². The van der Waals surface area contributed by atoms with Crippen molar-refractivity contribution in [2.75, 3.05) is 6.54 Å². The van der Waals surface area contributed by atoms with E-state index in [9.17, 15) is 0 Å². The molecule has 0 aromatic carbocycles. The van der Waals surface area contributed by atoms with Gasteiger partial charge < -0.3 is 5.32 Å². The van der Waals surface area contributed by atoms with Crippen LogP contribution in [-0.2, 0) is 6.42 Å². The van der Waals surface area contributed by atoms with Gasteiger partial charge in [-0.2, -0.15) is 0 Å². The molecule has 0 saturated heterocycles. The summed E-state index contributed by atoms with van der Waals surface area (Å²) in [7, 11) is 0. The fourth-order valence-electron chi connectivity index (χ4n) is 3.05. The van der Waals surface area contributed by atoms with Crippen molar-refractivity contribution in [1.82, 2.24) is 10.3 Å². The highest BCUT2D eigenvalue weighted by atomic mass is 14.9. The summed E-state index contributed by atoms with van der Waals surface area (Å²) >= 11 is 0. The minimum atomic E-state index is 0.514. The molecule has 1 aromatic heterocycles. The van der Waals surface area contributed by atoms with E-state index in [1.165, 1.54) is 62.7 Å². The molecule has 0 amide bonds. The second-order valence-electron chi connectivity index (χ2n) is 5.53. The van der Waals surface area contributed by atoms with Crippen molar-refractivity contribution in [3.05, 3.63) is 29.6 Å². The van der Waals surface area contributed by atoms with Crippen molar-refractivity contribution in [3.63, 3.8) is 0 Å². The summed E-state index contributed by atoms with van der Waals surface area (Å²) in [5, 5.41) is 3.71. The molecule has 1 aromatic rings. The summed E-state index contributed by atoms with van der Waals surface area (Å²) < 4.78 is 0. The van der Waals surface area contributed by atoms with E-state index in [2.05, 4.69) is 22.4 Å². The van der Waals surface area contributed by atoms with Crippen LogP contribution < -0.4 is 5.32 Å². The molecule has 0 aliphatic heterocycles. The van der Waals surface area contributed by atoms with Gasteiger partial charge in [0, 0.05) is 12.2 Å². The number of aryl methyl sites for hydroxylation is 1. The van der Waals surface area contributed by atoms with Gasteiger partial charge >= 0.3 is 0 Å². The molecule has 0 bridgehead atoms. The van der Waals surface area contributed by atoms with E-state index in [0.717, 1.165) is 5.92 Å². The molecule has 1 heterocycles. The van der Waals surface area contributed by atoms with Crippen molar-refractivity contribution < 1.29 is 0 Å². The van der Waals surface area contributed by atoms with Crippen molar-refractivity contribution in [2.45, 2.75) is 51.0 Å². The van der Waals surface area contributed by atoms with Gasteiger partial charge in [-0.25, -0.2) is 0 Å². The molecule has 1 fully saturated rings. The van der Waals surface area contributed by atoms with Crippen LogP contribution in [0, 0.1) is 5.92 Å². The third kappa shape index (κ3) is 2.52. The first kappa shape index (κ1) is 11.2. The van der Waals surface area contributed by atoms with E-state index >= 15 is 0 Å². The van der Waals surface area contributed by atoms with Crippen molar-refractivity contribution >= 4 is 0 Å². The van der Waals surface area contributed by atoms with E-state index in [0.29, 0.717) is 6.04 Å². The molecule has 0 radical (unpaired) electrons. The maximum Gasteiger partial charge on any atom is 0.0605 e. The van der Waals surface area contributed by atoms with Crippen LogP contribution in [0.2, 0.25) is 0 Å². The summed E-state index contributed by atoms with van der Waals surface area (Å²) in [5.74, 6) is 1.01. The van der Waals surface area contributed by atoms with Gasteiger partial charge in [-0.1, -0.05) is 25.3 Å². The normalized spacial score (nSPS) is 24.1. The third-order valence-electron chi connectivity index (χ3n) is 4.36. The molecule has 2 aliphatic rings. The number of aromatic nitrogens is 1. The van der Waals surface area contributed by atoms with E-state index in [1.807, 2.05) is 6.20 Å². The number of fused-ring (bicyclic) bond motifs is 1. The van der Waals surface area contributed by atoms with Gasteiger partial charge in [0.2, 0.25) is 0 Å². The summed E-state index contributed by atoms with van der Waals surface area (Å²) in [5.41, 5.74) is 2.77. The maximum absolute atomic E-state index is 4.57. The molecule has 1 N–H and O–H groups in total. The van der Waals surface area contributed by atoms with E-state index in [4.69, 9.17) is 0 Å². The highest BCUT2D eigenvalue weighted by molar-refractivity contribution is 5.25. The first-order valence-corrected chi connectivity index (χ1v) is 7.10. The zero-order chi connectivity index (χ0) is 11.5. The second kappa shape index (κ2) is 5.18. The predicted octanol–water partition coefficient (Wildman–Crippen LogP) is 3.24. The minimum Gasteiger partial charge on any atom is -0.309 e. The topological polar surface area (TPSA) is 24.9 Å². The second-order valence-corrected chi connectivity index (χ2v) is 5.53. The van der Waals surface area contributed by atoms with Crippen molar-refractivity contribution in [2.24, 2.45) is 5.92 Å². The molecule has 92 valence electrons. The van der Waals surface area contributed by atoms with Gasteiger partial charge in [0.15, 0.2) is 0 Å². The van der Waals surface area contributed by atoms with Gasteiger partial charge in [0.05, 0.1) is 5.69 Å². The molecule has 3 rings (SSSR count). The van der Waals surface area contributed by atoms with Crippen LogP contribution in [0.3, 0.4) is 0 Å². The van der Waals surface area contributed by atoms with Gasteiger partial charge in [0.25, 0.3) is 0 Å². The van der Waals surface area contributed by atoms with Crippen LogP contribution in [0.1, 0.15) is 55.8 Å². The number of hydrogen-bond donors (Lipinski definition) is 1. The Morgan fingerprint density at radius 1 is 1.24 bits per heavy atom. The van der Waals surface area contributed by atoms with Crippen LogP contribution in [0.4, 0.5) is 0 Å². The number of hydrogen-bond acceptors (Lipinski definition) is 2. The van der Waals surface area contributed by atoms with Gasteiger partial charge in [-0.3, -0.25) is 4.98 Å². The van der Waals surface area contributed by atoms with Crippen molar-refractivity contribution in [1.29, 1.82) is 0 Å². The Morgan fingerprint density at radius 3 is 3.00 bits per heavy atom. The van der Waals surface area contributed by atoms with E-state index < -0.39 is 0 Å². The monoisotopic (exact) mass is 230 g/mol. The maximum atomic E-state index is 4.57. The lowest BCUT2D eigenvalue weighted by atomic mass is 9.83. The smallest absolute Gasteiger partial charge is 0.0605 e. The number of rotatable bonds is 4. The molecule has 2 aliphatic carbocycles. The lowest BCUT2D eigenvalue weighted by Crippen LogP contribution is -2.29. The Hall–Kier alpha value is -0.890. The van der Waals surface area contributed by atoms with Gasteiger partial charge in [-0.15, -0.1) is 0 Å². The fraction of sp³-hybridized carbons (Fsp3) is 0.667. The summed E-state index contributed by atoms with van der Waals surface area (Å²) in [6, 6.07) is 4.82. The first-order valence-electron chi connectivity index (χ1n) is 7.10. The van der Waals surface area contributed by atoms with E-state index in [-0.39, 0.29) is 0 Å². The van der Waals surface area contributed by atoms with Gasteiger partial charge in [0.1, 0.15) is 0 Å². The Bertz CT molecular complexity index is 371. The average molecular weight is 230 g/mol. The Kier molecular flexibility index (Phi) is 3.41. The third-order valence-corrected chi connectivity index (χ3v) is 4.36. The van der Waals surface area contributed by atoms with Crippen molar-refractivity contribution in [3.8, 4) is 0 Å². The average Bonchev–Trinajstić information content (AvgIpc) is 2.32. The van der Waals surface area contributed by atoms with Crippen LogP contribution in [0.5, 0.6) is 0 Å². The number of nitrogens with one attached hydrogen (secondary N) is 1. The van der Waals surface area contributed by atoms with Crippen LogP contribution in [-0.4, -0.2) is 11.5 Å². The van der Waals surface area contributed by atoms with E-state index in [1.54, 1.807) is 0 Å². The molecule has 1 saturated carbocycles. The molecule has 2 heteroatoms. The molecule has 2 nitrogen and oxygen atoms in total. The summed E-state index contributed by atoms with van der Waals surface area (Å²) in [6.45, 7) is 1.17. The number of pyridine rings is 1. The molecule has 0 spiro atoms. The first-order chi connectivity index (χ1) is 8.43. The Morgan fingerprint density at radius 2 is 2.18 bits per heavy atom. The standard InChI is InChI=1S/C15H22N2/c1-4-12(5-1)9-11-16-14-8-2-6-13-7-3-10-17-15(13)14/h3,7,10,12,14,16H,1-2,4-6,8-9,11H2. The lowest BCUT2D eigenvalue weighted by molar-refractivity contribution is 0.284. The van der Waals surface area contributed by atoms with Crippen LogP contribution in [0.15, 0.2) is 18.3 Å². The SMILES string of the molecule is c1cnc2c(c1)CCCC2NCCC1CCC1. The highest BCUT2D eigenvalue weighted by Gasteiger charge is 2.22. The molecular formula is C15H22N2. The zero-order valence-corrected chi connectivity index (χ0v) is 10.5. The summed E-state index contributed by atoms with van der Waals surface area (Å²) in [4.78, 5) is 4.57. The molecule has 1 atom stereocenters. The summed E-state index contributed by atoms with van der Waals surface area (Å²) in [6.07, 6.45) is 11.4. The quantitative estimate of drug-likeness (QED) is 0.859. The Labute approximate surface area is 104 Å².